The monoisotopic (exact) mass is 238 g/mol. The van der Waals surface area contributed by atoms with Gasteiger partial charge in [0.05, 0.1) is 12.7 Å². The average molecular weight is 238 g/mol. The average Bonchev–Trinajstić information content (AvgIpc) is 2.41. The molecule has 0 spiro atoms. The molecular formula is C15H14N2O. The van der Waals surface area contributed by atoms with Crippen LogP contribution in [-0.4, -0.2) is 12.1 Å². The summed E-state index contributed by atoms with van der Waals surface area (Å²) in [5.74, 6) is 0.779. The summed E-state index contributed by atoms with van der Waals surface area (Å²) < 4.78 is 5.41. The van der Waals surface area contributed by atoms with Crippen LogP contribution < -0.4 is 4.74 Å². The van der Waals surface area contributed by atoms with Gasteiger partial charge < -0.3 is 4.74 Å². The highest BCUT2D eigenvalue weighted by atomic mass is 16.5. The lowest BCUT2D eigenvalue weighted by molar-refractivity contribution is 0.416. The van der Waals surface area contributed by atoms with Crippen molar-refractivity contribution >= 4 is 0 Å². The molecule has 3 heteroatoms. The highest BCUT2D eigenvalue weighted by molar-refractivity contribution is 5.76. The second-order valence-corrected chi connectivity index (χ2v) is 4.17. The zero-order valence-corrected chi connectivity index (χ0v) is 10.7. The third-order valence-corrected chi connectivity index (χ3v) is 3.05. The molecule has 2 aromatic rings. The molecule has 0 aliphatic heterocycles. The van der Waals surface area contributed by atoms with Gasteiger partial charge in [0.25, 0.3) is 0 Å². The van der Waals surface area contributed by atoms with E-state index in [4.69, 9.17) is 10.00 Å². The van der Waals surface area contributed by atoms with Gasteiger partial charge in [-0.15, -0.1) is 0 Å². The van der Waals surface area contributed by atoms with E-state index in [1.807, 2.05) is 32.0 Å². The first kappa shape index (κ1) is 12.1. The Kier molecular flexibility index (Phi) is 3.29. The van der Waals surface area contributed by atoms with Crippen LogP contribution in [0.3, 0.4) is 0 Å². The summed E-state index contributed by atoms with van der Waals surface area (Å²) in [6.07, 6.45) is 3.26. The quantitative estimate of drug-likeness (QED) is 0.806. The summed E-state index contributed by atoms with van der Waals surface area (Å²) in [6.45, 7) is 4.09. The largest absolute Gasteiger partial charge is 0.496 e. The van der Waals surface area contributed by atoms with Crippen LogP contribution in [0, 0.1) is 25.2 Å². The van der Waals surface area contributed by atoms with Crippen molar-refractivity contribution in [3.63, 3.8) is 0 Å². The van der Waals surface area contributed by atoms with Crippen molar-refractivity contribution in [2.75, 3.05) is 7.11 Å². The number of aryl methyl sites for hydroxylation is 2. The Morgan fingerprint density at radius 1 is 1.17 bits per heavy atom. The van der Waals surface area contributed by atoms with Crippen molar-refractivity contribution in [3.8, 4) is 22.9 Å². The van der Waals surface area contributed by atoms with Gasteiger partial charge >= 0.3 is 0 Å². The first-order chi connectivity index (χ1) is 8.67. The van der Waals surface area contributed by atoms with Gasteiger partial charge in [-0.25, -0.2) is 0 Å². The highest BCUT2D eigenvalue weighted by Gasteiger charge is 2.11. The minimum absolute atomic E-state index is 0.555. The van der Waals surface area contributed by atoms with Crippen molar-refractivity contribution in [2.45, 2.75) is 13.8 Å². The second-order valence-electron chi connectivity index (χ2n) is 4.17. The number of aromatic nitrogens is 1. The number of ether oxygens (including phenoxy) is 1. The van der Waals surface area contributed by atoms with Crippen molar-refractivity contribution in [1.29, 1.82) is 5.26 Å². The van der Waals surface area contributed by atoms with Gasteiger partial charge in [0.1, 0.15) is 11.8 Å². The fourth-order valence-electron chi connectivity index (χ4n) is 1.89. The molecule has 3 nitrogen and oxygen atoms in total. The Balaban J connectivity index is 2.71. The van der Waals surface area contributed by atoms with E-state index in [0.717, 1.165) is 16.9 Å². The summed E-state index contributed by atoms with van der Waals surface area (Å²) in [5, 5.41) is 9.14. The van der Waals surface area contributed by atoms with Crippen LogP contribution in [0.15, 0.2) is 30.6 Å². The van der Waals surface area contributed by atoms with Crippen LogP contribution in [0.25, 0.3) is 11.1 Å². The first-order valence-electron chi connectivity index (χ1n) is 5.67. The fourth-order valence-corrected chi connectivity index (χ4v) is 1.89. The molecule has 1 aromatic heterocycles. The maximum Gasteiger partial charge on any atom is 0.127 e. The molecule has 0 saturated heterocycles. The number of benzene rings is 1. The minimum Gasteiger partial charge on any atom is -0.496 e. The third kappa shape index (κ3) is 2.05. The van der Waals surface area contributed by atoms with Gasteiger partial charge in [-0.05, 0) is 43.2 Å². The van der Waals surface area contributed by atoms with E-state index in [9.17, 15) is 0 Å². The molecule has 0 amide bonds. The Morgan fingerprint density at radius 3 is 2.56 bits per heavy atom. The van der Waals surface area contributed by atoms with E-state index in [2.05, 4.69) is 11.1 Å². The Labute approximate surface area is 107 Å². The zero-order chi connectivity index (χ0) is 13.1. The standard InChI is InChI=1S/C15H14N2O/c1-10-6-14(15(18-3)7-11(10)2)13-4-5-17-9-12(13)8-16/h4-7,9H,1-3H3. The summed E-state index contributed by atoms with van der Waals surface area (Å²) in [5.41, 5.74) is 4.68. The summed E-state index contributed by atoms with van der Waals surface area (Å²) in [6, 6.07) is 8.04. The van der Waals surface area contributed by atoms with Gasteiger partial charge in [-0.1, -0.05) is 0 Å². The molecule has 1 aromatic carbocycles. The molecule has 0 unspecified atom stereocenters. The van der Waals surface area contributed by atoms with E-state index in [-0.39, 0.29) is 0 Å². The predicted molar refractivity (Wildman–Crippen MR) is 70.4 cm³/mol. The lowest BCUT2D eigenvalue weighted by atomic mass is 9.97. The number of pyridine rings is 1. The van der Waals surface area contributed by atoms with Gasteiger partial charge in [0.2, 0.25) is 0 Å². The Hall–Kier alpha value is -2.34. The smallest absolute Gasteiger partial charge is 0.127 e. The normalized spacial score (nSPS) is 9.89. The van der Waals surface area contributed by atoms with Crippen LogP contribution in [0.4, 0.5) is 0 Å². The van der Waals surface area contributed by atoms with Crippen molar-refractivity contribution in [1.82, 2.24) is 4.98 Å². The molecule has 0 radical (unpaired) electrons. The van der Waals surface area contributed by atoms with Crippen molar-refractivity contribution in [3.05, 3.63) is 47.3 Å². The molecule has 0 aliphatic carbocycles. The molecule has 0 N–H and O–H groups in total. The Morgan fingerprint density at radius 2 is 1.89 bits per heavy atom. The summed E-state index contributed by atoms with van der Waals surface area (Å²) >= 11 is 0. The molecule has 0 aliphatic rings. The second kappa shape index (κ2) is 4.89. The van der Waals surface area contributed by atoms with Crippen molar-refractivity contribution in [2.24, 2.45) is 0 Å². The van der Waals surface area contributed by atoms with Gasteiger partial charge in [0.15, 0.2) is 0 Å². The van der Waals surface area contributed by atoms with E-state index in [1.165, 1.54) is 11.1 Å². The number of nitrogens with zero attached hydrogens (tertiary/aromatic N) is 2. The molecule has 18 heavy (non-hydrogen) atoms. The summed E-state index contributed by atoms with van der Waals surface area (Å²) in [7, 11) is 1.64. The highest BCUT2D eigenvalue weighted by Crippen LogP contribution is 2.33. The molecule has 1 heterocycles. The number of hydrogen-bond acceptors (Lipinski definition) is 3. The van der Waals surface area contributed by atoms with E-state index >= 15 is 0 Å². The maximum atomic E-state index is 9.14. The molecular weight excluding hydrogens is 224 g/mol. The van der Waals surface area contributed by atoms with Crippen LogP contribution in [-0.2, 0) is 0 Å². The van der Waals surface area contributed by atoms with Crippen LogP contribution >= 0.6 is 0 Å². The Bertz CT molecular complexity index is 627. The molecule has 0 saturated carbocycles. The van der Waals surface area contributed by atoms with Gasteiger partial charge in [-0.2, -0.15) is 5.26 Å². The molecule has 0 atom stereocenters. The van der Waals surface area contributed by atoms with E-state index in [0.29, 0.717) is 5.56 Å². The number of rotatable bonds is 2. The van der Waals surface area contributed by atoms with Gasteiger partial charge in [-0.3, -0.25) is 4.98 Å². The zero-order valence-electron chi connectivity index (χ0n) is 10.7. The molecule has 90 valence electrons. The predicted octanol–water partition coefficient (Wildman–Crippen LogP) is 3.25. The molecule has 2 rings (SSSR count). The molecule has 0 fully saturated rings. The van der Waals surface area contributed by atoms with Crippen LogP contribution in [0.1, 0.15) is 16.7 Å². The van der Waals surface area contributed by atoms with Crippen LogP contribution in [0.5, 0.6) is 5.75 Å². The summed E-state index contributed by atoms with van der Waals surface area (Å²) in [4.78, 5) is 3.97. The van der Waals surface area contributed by atoms with Crippen LogP contribution in [0.2, 0.25) is 0 Å². The third-order valence-electron chi connectivity index (χ3n) is 3.05. The number of methoxy groups -OCH3 is 1. The number of nitriles is 1. The SMILES string of the molecule is COc1cc(C)c(C)cc1-c1ccncc1C#N. The number of hydrogen-bond donors (Lipinski definition) is 0. The van der Waals surface area contributed by atoms with E-state index in [1.54, 1.807) is 19.5 Å². The topological polar surface area (TPSA) is 45.9 Å². The molecule has 0 bridgehead atoms. The van der Waals surface area contributed by atoms with E-state index < -0.39 is 0 Å². The lowest BCUT2D eigenvalue weighted by Gasteiger charge is -2.12. The van der Waals surface area contributed by atoms with Crippen molar-refractivity contribution < 1.29 is 4.74 Å². The maximum absolute atomic E-state index is 9.14. The fraction of sp³-hybridized carbons (Fsp3) is 0.200. The first-order valence-corrected chi connectivity index (χ1v) is 5.67. The lowest BCUT2D eigenvalue weighted by Crippen LogP contribution is -1.94. The minimum atomic E-state index is 0.555. The van der Waals surface area contributed by atoms with Gasteiger partial charge in [0, 0.05) is 23.5 Å².